The molecule has 0 bridgehead atoms. The van der Waals surface area contributed by atoms with Gasteiger partial charge in [-0.3, -0.25) is 20.4 Å². The van der Waals surface area contributed by atoms with Crippen LogP contribution in [-0.2, 0) is 11.2 Å². The van der Waals surface area contributed by atoms with Gasteiger partial charge in [0.25, 0.3) is 5.91 Å². The Hall–Kier alpha value is -3.62. The van der Waals surface area contributed by atoms with E-state index in [0.717, 1.165) is 6.42 Å². The second-order valence-corrected chi connectivity index (χ2v) is 7.57. The minimum absolute atomic E-state index is 0.0459. The van der Waals surface area contributed by atoms with Gasteiger partial charge in [0.15, 0.2) is 23.0 Å². The Kier molecular flexibility index (Phi) is 9.65. The Morgan fingerprint density at radius 1 is 0.818 bits per heavy atom. The maximum Gasteiger partial charge on any atom is 0.269 e. The molecule has 0 saturated heterocycles. The SMILES string of the molecule is COc1cc(C(=O)NNC(=O)Cc2ccc(OC)c(OC)c2OC)ccc1OCCC(C)C. The number of rotatable bonds is 11. The van der Waals surface area contributed by atoms with Crippen LogP contribution in [0.25, 0.3) is 0 Å². The molecule has 9 nitrogen and oxygen atoms in total. The van der Waals surface area contributed by atoms with Crippen molar-refractivity contribution in [2.75, 3.05) is 35.0 Å². The van der Waals surface area contributed by atoms with Crippen molar-refractivity contribution in [3.63, 3.8) is 0 Å². The number of carbonyl (C=O) groups is 2. The molecule has 2 N–H and O–H groups in total. The molecule has 2 amide bonds. The smallest absolute Gasteiger partial charge is 0.269 e. The normalized spacial score (nSPS) is 10.4. The van der Waals surface area contributed by atoms with Crippen molar-refractivity contribution in [2.24, 2.45) is 5.92 Å². The maximum atomic E-state index is 12.5. The molecule has 0 aromatic heterocycles. The Labute approximate surface area is 194 Å². The fourth-order valence-corrected chi connectivity index (χ4v) is 3.05. The Bertz CT molecular complexity index is 960. The molecule has 0 aliphatic rings. The lowest BCUT2D eigenvalue weighted by Gasteiger charge is -2.16. The van der Waals surface area contributed by atoms with E-state index in [9.17, 15) is 9.59 Å². The zero-order chi connectivity index (χ0) is 24.4. The summed E-state index contributed by atoms with van der Waals surface area (Å²) in [5, 5.41) is 0. The highest BCUT2D eigenvalue weighted by Gasteiger charge is 2.18. The molecule has 2 aromatic carbocycles. The van der Waals surface area contributed by atoms with Crippen molar-refractivity contribution in [1.29, 1.82) is 0 Å². The predicted octanol–water partition coefficient (Wildman–Crippen LogP) is 3.15. The van der Waals surface area contributed by atoms with Crippen LogP contribution in [0.4, 0.5) is 0 Å². The maximum absolute atomic E-state index is 12.5. The molecule has 0 radical (unpaired) electrons. The van der Waals surface area contributed by atoms with E-state index in [0.29, 0.717) is 52.4 Å². The third-order valence-corrected chi connectivity index (χ3v) is 4.83. The van der Waals surface area contributed by atoms with Crippen molar-refractivity contribution in [2.45, 2.75) is 26.7 Å². The van der Waals surface area contributed by atoms with Gasteiger partial charge >= 0.3 is 0 Å². The molecule has 0 aliphatic carbocycles. The fourth-order valence-electron chi connectivity index (χ4n) is 3.05. The van der Waals surface area contributed by atoms with Crippen LogP contribution in [0, 0.1) is 5.92 Å². The van der Waals surface area contributed by atoms with Gasteiger partial charge < -0.3 is 23.7 Å². The molecule has 9 heteroatoms. The van der Waals surface area contributed by atoms with Crippen LogP contribution in [0.5, 0.6) is 28.7 Å². The molecule has 0 aliphatic heterocycles. The van der Waals surface area contributed by atoms with E-state index < -0.39 is 11.8 Å². The van der Waals surface area contributed by atoms with Crippen LogP contribution in [0.2, 0.25) is 0 Å². The molecule has 2 rings (SSSR count). The van der Waals surface area contributed by atoms with Gasteiger partial charge in [-0.2, -0.15) is 0 Å². The summed E-state index contributed by atoms with van der Waals surface area (Å²) in [6, 6.07) is 8.21. The second kappa shape index (κ2) is 12.4. The molecular formula is C24H32N2O7. The average molecular weight is 461 g/mol. The lowest BCUT2D eigenvalue weighted by Crippen LogP contribution is -2.42. The summed E-state index contributed by atoms with van der Waals surface area (Å²) in [7, 11) is 5.98. The molecule has 0 heterocycles. The summed E-state index contributed by atoms with van der Waals surface area (Å²) in [4.78, 5) is 24.9. The number of methoxy groups -OCH3 is 4. The number of hydrazine groups is 1. The van der Waals surface area contributed by atoms with E-state index in [1.165, 1.54) is 28.4 Å². The minimum Gasteiger partial charge on any atom is -0.493 e. The fraction of sp³-hybridized carbons (Fsp3) is 0.417. The lowest BCUT2D eigenvalue weighted by atomic mass is 10.1. The largest absolute Gasteiger partial charge is 0.493 e. The average Bonchev–Trinajstić information content (AvgIpc) is 2.81. The van der Waals surface area contributed by atoms with Crippen molar-refractivity contribution in [1.82, 2.24) is 10.9 Å². The molecule has 33 heavy (non-hydrogen) atoms. The molecule has 0 fully saturated rings. The molecular weight excluding hydrogens is 428 g/mol. The molecule has 0 atom stereocenters. The van der Waals surface area contributed by atoms with Crippen molar-refractivity contribution in [3.8, 4) is 28.7 Å². The van der Waals surface area contributed by atoms with Crippen LogP contribution in [0.3, 0.4) is 0 Å². The first-order chi connectivity index (χ1) is 15.8. The molecule has 0 saturated carbocycles. The van der Waals surface area contributed by atoms with Gasteiger partial charge in [0.2, 0.25) is 11.7 Å². The third kappa shape index (κ3) is 6.93. The number of hydrogen-bond acceptors (Lipinski definition) is 7. The highest BCUT2D eigenvalue weighted by molar-refractivity contribution is 5.96. The topological polar surface area (TPSA) is 104 Å². The summed E-state index contributed by atoms with van der Waals surface area (Å²) >= 11 is 0. The Morgan fingerprint density at radius 3 is 2.09 bits per heavy atom. The van der Waals surface area contributed by atoms with Crippen molar-refractivity contribution < 1.29 is 33.3 Å². The number of benzene rings is 2. The van der Waals surface area contributed by atoms with Gasteiger partial charge in [-0.1, -0.05) is 19.9 Å². The first-order valence-corrected chi connectivity index (χ1v) is 10.5. The summed E-state index contributed by atoms with van der Waals surface area (Å²) in [5.41, 5.74) is 5.70. The molecule has 0 unspecified atom stereocenters. The molecule has 180 valence electrons. The number of nitrogens with one attached hydrogen (secondary N) is 2. The van der Waals surface area contributed by atoms with E-state index in [1.807, 2.05) is 0 Å². The summed E-state index contributed by atoms with van der Waals surface area (Å²) in [5.74, 6) is 1.84. The summed E-state index contributed by atoms with van der Waals surface area (Å²) < 4.78 is 27.0. The third-order valence-electron chi connectivity index (χ3n) is 4.83. The summed E-state index contributed by atoms with van der Waals surface area (Å²) in [6.45, 7) is 4.78. The monoisotopic (exact) mass is 460 g/mol. The van der Waals surface area contributed by atoms with E-state index in [1.54, 1.807) is 30.3 Å². The minimum atomic E-state index is -0.491. The van der Waals surface area contributed by atoms with E-state index in [4.69, 9.17) is 23.7 Å². The van der Waals surface area contributed by atoms with Gasteiger partial charge in [-0.05, 0) is 36.6 Å². The highest BCUT2D eigenvalue weighted by Crippen LogP contribution is 2.39. The standard InChI is InChI=1S/C24H32N2O7/c1-15(2)11-12-33-18-9-8-17(13-20(18)30-4)24(28)26-25-21(27)14-16-7-10-19(29-3)23(32-6)22(16)31-5/h7-10,13,15H,11-12,14H2,1-6H3,(H,25,27)(H,26,28). The second-order valence-electron chi connectivity index (χ2n) is 7.57. The Morgan fingerprint density at radius 2 is 1.48 bits per heavy atom. The van der Waals surface area contributed by atoms with E-state index in [2.05, 4.69) is 24.7 Å². The van der Waals surface area contributed by atoms with E-state index in [-0.39, 0.29) is 6.42 Å². The highest BCUT2D eigenvalue weighted by atomic mass is 16.5. The zero-order valence-electron chi connectivity index (χ0n) is 19.9. The van der Waals surface area contributed by atoms with Crippen molar-refractivity contribution >= 4 is 11.8 Å². The zero-order valence-corrected chi connectivity index (χ0v) is 19.9. The molecule has 2 aromatic rings. The molecule has 0 spiro atoms. The first kappa shape index (κ1) is 25.6. The van der Waals surface area contributed by atoms with Crippen LogP contribution >= 0.6 is 0 Å². The van der Waals surface area contributed by atoms with Crippen LogP contribution < -0.4 is 34.5 Å². The lowest BCUT2D eigenvalue weighted by molar-refractivity contribution is -0.121. The van der Waals surface area contributed by atoms with E-state index >= 15 is 0 Å². The van der Waals surface area contributed by atoms with Gasteiger partial charge in [-0.25, -0.2) is 0 Å². The number of ether oxygens (including phenoxy) is 5. The van der Waals surface area contributed by atoms with Gasteiger partial charge in [-0.15, -0.1) is 0 Å². The van der Waals surface area contributed by atoms with Crippen molar-refractivity contribution in [3.05, 3.63) is 41.5 Å². The predicted molar refractivity (Wildman–Crippen MR) is 123 cm³/mol. The summed E-state index contributed by atoms with van der Waals surface area (Å²) in [6.07, 6.45) is 0.859. The number of carbonyl (C=O) groups excluding carboxylic acids is 2. The Balaban J connectivity index is 2.01. The number of hydrogen-bond donors (Lipinski definition) is 2. The van der Waals surface area contributed by atoms with Crippen LogP contribution in [0.15, 0.2) is 30.3 Å². The first-order valence-electron chi connectivity index (χ1n) is 10.5. The quantitative estimate of drug-likeness (QED) is 0.497. The van der Waals surface area contributed by atoms with Gasteiger partial charge in [0.1, 0.15) is 0 Å². The van der Waals surface area contributed by atoms with Crippen LogP contribution in [0.1, 0.15) is 36.2 Å². The van der Waals surface area contributed by atoms with Crippen LogP contribution in [-0.4, -0.2) is 46.9 Å². The van der Waals surface area contributed by atoms with Gasteiger partial charge in [0.05, 0.1) is 41.5 Å². The van der Waals surface area contributed by atoms with Gasteiger partial charge in [0, 0.05) is 11.1 Å². The number of amides is 2.